The van der Waals surface area contributed by atoms with Crippen molar-refractivity contribution < 1.29 is 32.3 Å². The second kappa shape index (κ2) is 15.8. The van der Waals surface area contributed by atoms with Gasteiger partial charge in [0.15, 0.2) is 5.82 Å². The van der Waals surface area contributed by atoms with Gasteiger partial charge in [-0.1, -0.05) is 12.1 Å². The predicted molar refractivity (Wildman–Crippen MR) is 188 cm³/mol. The third-order valence-corrected chi connectivity index (χ3v) is 9.09. The maximum absolute atomic E-state index is 13.8. The molecule has 268 valence electrons. The average molecular weight is 704 g/mol. The van der Waals surface area contributed by atoms with Crippen molar-refractivity contribution in [2.24, 2.45) is 0 Å². The van der Waals surface area contributed by atoms with Crippen LogP contribution in [0.4, 0.5) is 30.4 Å². The monoisotopic (exact) mass is 703 g/mol. The Hall–Kier alpha value is -5.21. The Bertz CT molecular complexity index is 1870. The summed E-state index contributed by atoms with van der Waals surface area (Å²) in [5.41, 5.74) is 1.27. The van der Waals surface area contributed by atoms with E-state index in [1.165, 1.54) is 35.3 Å². The fourth-order valence-corrected chi connectivity index (χ4v) is 6.16. The van der Waals surface area contributed by atoms with Gasteiger partial charge < -0.3 is 29.7 Å². The van der Waals surface area contributed by atoms with E-state index >= 15 is 0 Å². The summed E-state index contributed by atoms with van der Waals surface area (Å²) in [4.78, 5) is 50.8. The fourth-order valence-electron chi connectivity index (χ4n) is 6.16. The van der Waals surface area contributed by atoms with Crippen LogP contribution in [0.1, 0.15) is 55.9 Å². The number of morpholine rings is 1. The van der Waals surface area contributed by atoms with E-state index in [2.05, 4.69) is 25.4 Å². The number of likely N-dealkylation sites (N-methyl/N-ethyl adjacent to an activating group) is 1. The molecule has 0 spiro atoms. The SMILES string of the molecule is CN(CCN1CCOCC1)C(=O)c1cccc(C(=O)Nc2ccc(N3CCCCC3)cc2C(=O)Nc2cn(-c3cccc(C(F)(F)F)c3)cn2)c1. The number of imidazole rings is 1. The van der Waals surface area contributed by atoms with Gasteiger partial charge in [0.2, 0.25) is 0 Å². The summed E-state index contributed by atoms with van der Waals surface area (Å²) in [6.45, 7) is 5.88. The van der Waals surface area contributed by atoms with Crippen molar-refractivity contribution in [3.8, 4) is 5.69 Å². The minimum absolute atomic E-state index is 0.113. The molecule has 0 aliphatic carbocycles. The first-order valence-corrected chi connectivity index (χ1v) is 16.9. The molecule has 0 bridgehead atoms. The van der Waals surface area contributed by atoms with Crippen molar-refractivity contribution in [1.82, 2.24) is 19.4 Å². The van der Waals surface area contributed by atoms with Gasteiger partial charge in [-0.05, 0) is 73.9 Å². The summed E-state index contributed by atoms with van der Waals surface area (Å²) in [5, 5.41) is 5.57. The molecule has 3 amide bonds. The first-order chi connectivity index (χ1) is 24.5. The molecule has 14 heteroatoms. The van der Waals surface area contributed by atoms with Gasteiger partial charge in [0.1, 0.15) is 6.33 Å². The van der Waals surface area contributed by atoms with Gasteiger partial charge in [0.05, 0.1) is 36.2 Å². The Labute approximate surface area is 294 Å². The van der Waals surface area contributed by atoms with Gasteiger partial charge in [-0.25, -0.2) is 4.98 Å². The normalized spacial score (nSPS) is 15.3. The molecule has 4 aromatic rings. The number of carbonyl (C=O) groups is 3. The Morgan fingerprint density at radius 3 is 2.35 bits per heavy atom. The van der Waals surface area contributed by atoms with Gasteiger partial charge in [-0.3, -0.25) is 19.3 Å². The smallest absolute Gasteiger partial charge is 0.379 e. The molecule has 2 N–H and O–H groups in total. The lowest BCUT2D eigenvalue weighted by molar-refractivity contribution is -0.137. The number of aromatic nitrogens is 2. The molecule has 0 radical (unpaired) electrons. The number of carbonyl (C=O) groups excluding carboxylic acids is 3. The lowest BCUT2D eigenvalue weighted by Gasteiger charge is -2.29. The Balaban J connectivity index is 1.19. The van der Waals surface area contributed by atoms with Crippen LogP contribution in [-0.2, 0) is 10.9 Å². The number of hydrogen-bond acceptors (Lipinski definition) is 7. The first kappa shape index (κ1) is 35.6. The number of rotatable bonds is 10. The van der Waals surface area contributed by atoms with Crippen LogP contribution in [0.25, 0.3) is 5.69 Å². The van der Waals surface area contributed by atoms with E-state index in [9.17, 15) is 27.6 Å². The van der Waals surface area contributed by atoms with Gasteiger partial charge in [-0.15, -0.1) is 0 Å². The Morgan fingerprint density at radius 2 is 1.59 bits per heavy atom. The van der Waals surface area contributed by atoms with E-state index in [0.29, 0.717) is 25.3 Å². The molecule has 0 saturated carbocycles. The van der Waals surface area contributed by atoms with Crippen LogP contribution in [0.2, 0.25) is 0 Å². The largest absolute Gasteiger partial charge is 0.416 e. The highest BCUT2D eigenvalue weighted by Crippen LogP contribution is 2.31. The highest BCUT2D eigenvalue weighted by Gasteiger charge is 2.30. The zero-order chi connectivity index (χ0) is 36.0. The summed E-state index contributed by atoms with van der Waals surface area (Å²) in [6, 6.07) is 16.5. The fraction of sp³-hybridized carbons (Fsp3) is 0.351. The maximum atomic E-state index is 13.8. The van der Waals surface area contributed by atoms with Crippen molar-refractivity contribution in [3.63, 3.8) is 0 Å². The molecule has 2 fully saturated rings. The summed E-state index contributed by atoms with van der Waals surface area (Å²) in [7, 11) is 1.73. The number of anilines is 3. The van der Waals surface area contributed by atoms with Crippen molar-refractivity contribution in [2.75, 3.05) is 75.1 Å². The molecule has 51 heavy (non-hydrogen) atoms. The molecule has 1 aromatic heterocycles. The lowest BCUT2D eigenvalue weighted by Crippen LogP contribution is -2.41. The second-order valence-electron chi connectivity index (χ2n) is 12.7. The molecule has 0 atom stereocenters. The van der Waals surface area contributed by atoms with E-state index in [-0.39, 0.29) is 34.2 Å². The average Bonchev–Trinajstić information content (AvgIpc) is 3.62. The van der Waals surface area contributed by atoms with Gasteiger partial charge in [0, 0.05) is 68.8 Å². The van der Waals surface area contributed by atoms with Crippen LogP contribution in [0.5, 0.6) is 0 Å². The zero-order valence-electron chi connectivity index (χ0n) is 28.3. The standard InChI is InChI=1S/C37H40F3N7O4/c1-44(15-16-45-17-19-51-20-18-45)36(50)27-8-5-7-26(21-27)34(48)42-32-12-11-30(46-13-3-2-4-14-46)23-31(32)35(49)43-33-24-47(25-41-33)29-10-6-9-28(22-29)37(38,39)40/h5-12,21-25H,2-4,13-20H2,1H3,(H,42,48)(H,43,49). The third kappa shape index (κ3) is 8.94. The van der Waals surface area contributed by atoms with E-state index in [0.717, 1.165) is 69.8 Å². The van der Waals surface area contributed by atoms with Crippen LogP contribution < -0.4 is 15.5 Å². The first-order valence-electron chi connectivity index (χ1n) is 16.9. The van der Waals surface area contributed by atoms with E-state index in [1.807, 2.05) is 6.07 Å². The third-order valence-electron chi connectivity index (χ3n) is 9.09. The van der Waals surface area contributed by atoms with Crippen LogP contribution >= 0.6 is 0 Å². The summed E-state index contributed by atoms with van der Waals surface area (Å²) < 4.78 is 46.6. The number of nitrogens with zero attached hydrogens (tertiary/aromatic N) is 5. The topological polar surface area (TPSA) is 112 Å². The highest BCUT2D eigenvalue weighted by atomic mass is 19.4. The summed E-state index contributed by atoms with van der Waals surface area (Å²) in [5.74, 6) is -1.17. The van der Waals surface area contributed by atoms with Crippen LogP contribution in [0, 0.1) is 0 Å². The van der Waals surface area contributed by atoms with Gasteiger partial charge in [-0.2, -0.15) is 13.2 Å². The van der Waals surface area contributed by atoms with Crippen molar-refractivity contribution in [3.05, 3.63) is 102 Å². The Kier molecular flexibility index (Phi) is 11.0. The predicted octanol–water partition coefficient (Wildman–Crippen LogP) is 5.79. The van der Waals surface area contributed by atoms with Gasteiger partial charge in [0.25, 0.3) is 17.7 Å². The molecule has 2 aliphatic rings. The van der Waals surface area contributed by atoms with E-state index in [1.54, 1.807) is 42.3 Å². The highest BCUT2D eigenvalue weighted by molar-refractivity contribution is 6.13. The van der Waals surface area contributed by atoms with Crippen LogP contribution in [-0.4, -0.2) is 96.6 Å². The molecule has 3 heterocycles. The number of nitrogens with one attached hydrogen (secondary N) is 2. The van der Waals surface area contributed by atoms with Crippen LogP contribution in [0.3, 0.4) is 0 Å². The number of halogens is 3. The van der Waals surface area contributed by atoms with Crippen molar-refractivity contribution in [1.29, 1.82) is 0 Å². The molecule has 6 rings (SSSR count). The molecule has 3 aromatic carbocycles. The molecular weight excluding hydrogens is 663 g/mol. The zero-order valence-corrected chi connectivity index (χ0v) is 28.3. The van der Waals surface area contributed by atoms with Crippen LogP contribution in [0.15, 0.2) is 79.3 Å². The molecular formula is C37H40F3N7O4. The second-order valence-corrected chi connectivity index (χ2v) is 12.7. The van der Waals surface area contributed by atoms with E-state index < -0.39 is 23.6 Å². The molecule has 0 unspecified atom stereocenters. The number of piperidine rings is 1. The maximum Gasteiger partial charge on any atom is 0.416 e. The number of hydrogen-bond donors (Lipinski definition) is 2. The Morgan fingerprint density at radius 1 is 0.843 bits per heavy atom. The molecule has 2 saturated heterocycles. The summed E-state index contributed by atoms with van der Waals surface area (Å²) >= 11 is 0. The quantitative estimate of drug-likeness (QED) is 0.215. The lowest BCUT2D eigenvalue weighted by atomic mass is 10.1. The summed E-state index contributed by atoms with van der Waals surface area (Å²) in [6.07, 6.45) is 1.38. The number of alkyl halides is 3. The number of amides is 3. The van der Waals surface area contributed by atoms with E-state index in [4.69, 9.17) is 4.74 Å². The van der Waals surface area contributed by atoms with Crippen molar-refractivity contribution >= 4 is 34.9 Å². The molecule has 11 nitrogen and oxygen atoms in total. The number of ether oxygens (including phenoxy) is 1. The molecule has 2 aliphatic heterocycles. The number of benzene rings is 3. The minimum atomic E-state index is -4.51. The van der Waals surface area contributed by atoms with Gasteiger partial charge >= 0.3 is 6.18 Å². The van der Waals surface area contributed by atoms with Crippen molar-refractivity contribution in [2.45, 2.75) is 25.4 Å². The minimum Gasteiger partial charge on any atom is -0.379 e.